The number of ether oxygens (including phenoxy) is 2. The van der Waals surface area contributed by atoms with Crippen LogP contribution in [0.25, 0.3) is 0 Å². The summed E-state index contributed by atoms with van der Waals surface area (Å²) in [5, 5.41) is 0. The van der Waals surface area contributed by atoms with Gasteiger partial charge in [0.15, 0.2) is 0 Å². The highest BCUT2D eigenvalue weighted by atomic mass is 16.6. The molecule has 25 heavy (non-hydrogen) atoms. The SMILES string of the molecule is CCOC(=O)CN(C(=O)[C@@H](N)CC(=O)OC(C)(C)C)C1CCCCC1. The standard InChI is InChI=1S/C18H32N2O5/c1-5-24-16(22)12-20(13-9-7-6-8-10-13)17(23)14(19)11-15(21)25-18(2,3)4/h13-14H,5-12,19H2,1-4H3/t14-/m0/s1. The predicted octanol–water partition coefficient (Wildman–Crippen LogP) is 1.77. The van der Waals surface area contributed by atoms with E-state index in [-0.39, 0.29) is 25.6 Å². The maximum Gasteiger partial charge on any atom is 0.325 e. The molecule has 0 radical (unpaired) electrons. The fraction of sp³-hybridized carbons (Fsp3) is 0.833. The molecule has 0 unspecified atom stereocenters. The van der Waals surface area contributed by atoms with E-state index in [1.807, 2.05) is 0 Å². The summed E-state index contributed by atoms with van der Waals surface area (Å²) in [6, 6.07) is -1.05. The third-order valence-corrected chi connectivity index (χ3v) is 4.03. The van der Waals surface area contributed by atoms with Crippen molar-refractivity contribution in [2.24, 2.45) is 5.73 Å². The van der Waals surface area contributed by atoms with Crippen LogP contribution in [0.2, 0.25) is 0 Å². The first kappa shape index (κ1) is 21.4. The van der Waals surface area contributed by atoms with Gasteiger partial charge in [-0.3, -0.25) is 14.4 Å². The Morgan fingerprint density at radius 2 is 1.72 bits per heavy atom. The van der Waals surface area contributed by atoms with Crippen molar-refractivity contribution in [1.29, 1.82) is 0 Å². The lowest BCUT2D eigenvalue weighted by Crippen LogP contribution is -2.52. The molecule has 1 aliphatic carbocycles. The Morgan fingerprint density at radius 1 is 1.12 bits per heavy atom. The average Bonchev–Trinajstić information content (AvgIpc) is 2.51. The molecule has 0 aromatic carbocycles. The van der Waals surface area contributed by atoms with Crippen molar-refractivity contribution in [3.05, 3.63) is 0 Å². The van der Waals surface area contributed by atoms with Gasteiger partial charge in [0.2, 0.25) is 5.91 Å². The van der Waals surface area contributed by atoms with Crippen LogP contribution in [0.5, 0.6) is 0 Å². The van der Waals surface area contributed by atoms with E-state index < -0.39 is 29.5 Å². The average molecular weight is 356 g/mol. The van der Waals surface area contributed by atoms with E-state index in [0.29, 0.717) is 0 Å². The Hall–Kier alpha value is -1.63. The molecule has 0 heterocycles. The minimum atomic E-state index is -1.02. The predicted molar refractivity (Wildman–Crippen MR) is 93.7 cm³/mol. The van der Waals surface area contributed by atoms with Crippen molar-refractivity contribution in [2.75, 3.05) is 13.2 Å². The van der Waals surface area contributed by atoms with Gasteiger partial charge in [-0.1, -0.05) is 19.3 Å². The minimum absolute atomic E-state index is 0.0321. The van der Waals surface area contributed by atoms with Crippen LogP contribution >= 0.6 is 0 Å². The second-order valence-corrected chi connectivity index (χ2v) is 7.46. The van der Waals surface area contributed by atoms with Crippen LogP contribution in [0, 0.1) is 0 Å². The first-order chi connectivity index (χ1) is 11.6. The highest BCUT2D eigenvalue weighted by molar-refractivity contribution is 5.89. The van der Waals surface area contributed by atoms with Gasteiger partial charge in [0.1, 0.15) is 12.1 Å². The Morgan fingerprint density at radius 3 is 2.24 bits per heavy atom. The van der Waals surface area contributed by atoms with Gasteiger partial charge in [-0.05, 0) is 40.5 Å². The summed E-state index contributed by atoms with van der Waals surface area (Å²) in [5.74, 6) is -1.37. The summed E-state index contributed by atoms with van der Waals surface area (Å²) in [6.45, 7) is 7.13. The van der Waals surface area contributed by atoms with Crippen LogP contribution < -0.4 is 5.73 Å². The van der Waals surface area contributed by atoms with E-state index in [1.165, 1.54) is 4.90 Å². The number of rotatable bonds is 7. The van der Waals surface area contributed by atoms with E-state index in [2.05, 4.69) is 0 Å². The lowest BCUT2D eigenvalue weighted by molar-refractivity contribution is -0.158. The number of carbonyl (C=O) groups is 3. The smallest absolute Gasteiger partial charge is 0.325 e. The molecule has 144 valence electrons. The molecule has 1 fully saturated rings. The summed E-state index contributed by atoms with van der Waals surface area (Å²) < 4.78 is 10.2. The van der Waals surface area contributed by atoms with Gasteiger partial charge in [-0.15, -0.1) is 0 Å². The van der Waals surface area contributed by atoms with Gasteiger partial charge in [0.25, 0.3) is 0 Å². The van der Waals surface area contributed by atoms with Gasteiger partial charge in [-0.25, -0.2) is 0 Å². The lowest BCUT2D eigenvalue weighted by atomic mass is 9.93. The van der Waals surface area contributed by atoms with Crippen molar-refractivity contribution < 1.29 is 23.9 Å². The molecule has 0 bridgehead atoms. The van der Waals surface area contributed by atoms with E-state index in [9.17, 15) is 14.4 Å². The third-order valence-electron chi connectivity index (χ3n) is 4.03. The number of nitrogens with zero attached hydrogens (tertiary/aromatic N) is 1. The van der Waals surface area contributed by atoms with Crippen molar-refractivity contribution in [2.45, 2.75) is 83.9 Å². The largest absolute Gasteiger partial charge is 0.465 e. The van der Waals surface area contributed by atoms with Gasteiger partial charge in [0.05, 0.1) is 19.1 Å². The second kappa shape index (κ2) is 9.75. The summed E-state index contributed by atoms with van der Waals surface area (Å²) in [6.07, 6.45) is 4.62. The third kappa shape index (κ3) is 7.86. The molecule has 7 nitrogen and oxygen atoms in total. The molecule has 2 N–H and O–H groups in total. The monoisotopic (exact) mass is 356 g/mol. The highest BCUT2D eigenvalue weighted by Gasteiger charge is 2.32. The molecular weight excluding hydrogens is 324 g/mol. The zero-order valence-electron chi connectivity index (χ0n) is 15.9. The van der Waals surface area contributed by atoms with Crippen LogP contribution in [-0.2, 0) is 23.9 Å². The first-order valence-electron chi connectivity index (χ1n) is 9.07. The van der Waals surface area contributed by atoms with Gasteiger partial charge in [-0.2, -0.15) is 0 Å². The molecule has 1 saturated carbocycles. The number of nitrogens with two attached hydrogens (primary N) is 1. The minimum Gasteiger partial charge on any atom is -0.465 e. The molecule has 0 aliphatic heterocycles. The van der Waals surface area contributed by atoms with Crippen molar-refractivity contribution >= 4 is 17.8 Å². The van der Waals surface area contributed by atoms with Crippen molar-refractivity contribution in [1.82, 2.24) is 4.90 Å². The van der Waals surface area contributed by atoms with Crippen molar-refractivity contribution in [3.8, 4) is 0 Å². The molecule has 0 spiro atoms. The van der Waals surface area contributed by atoms with E-state index in [1.54, 1.807) is 27.7 Å². The van der Waals surface area contributed by atoms with Crippen molar-refractivity contribution in [3.63, 3.8) is 0 Å². The second-order valence-electron chi connectivity index (χ2n) is 7.46. The summed E-state index contributed by atoms with van der Waals surface area (Å²) in [5.41, 5.74) is 5.32. The Kier molecular flexibility index (Phi) is 8.35. The number of hydrogen-bond acceptors (Lipinski definition) is 6. The van der Waals surface area contributed by atoms with Crippen LogP contribution in [0.15, 0.2) is 0 Å². The molecule has 0 saturated heterocycles. The molecule has 1 aliphatic rings. The lowest BCUT2D eigenvalue weighted by Gasteiger charge is -2.35. The summed E-state index contributed by atoms with van der Waals surface area (Å²) in [7, 11) is 0. The Labute approximate surface area is 150 Å². The van der Waals surface area contributed by atoms with E-state index in [0.717, 1.165) is 32.1 Å². The number of esters is 2. The summed E-state index contributed by atoms with van der Waals surface area (Å²) >= 11 is 0. The molecule has 0 aromatic heterocycles. The quantitative estimate of drug-likeness (QED) is 0.698. The topological polar surface area (TPSA) is 98.9 Å². The van der Waals surface area contributed by atoms with E-state index in [4.69, 9.17) is 15.2 Å². The molecule has 0 aromatic rings. The Balaban J connectivity index is 2.75. The maximum absolute atomic E-state index is 12.8. The van der Waals surface area contributed by atoms with Crippen LogP contribution in [0.4, 0.5) is 0 Å². The van der Waals surface area contributed by atoms with Crippen LogP contribution in [-0.4, -0.2) is 53.6 Å². The molecular formula is C18H32N2O5. The first-order valence-corrected chi connectivity index (χ1v) is 9.07. The molecule has 7 heteroatoms. The van der Waals surface area contributed by atoms with Crippen LogP contribution in [0.1, 0.15) is 66.2 Å². The van der Waals surface area contributed by atoms with E-state index >= 15 is 0 Å². The summed E-state index contributed by atoms with van der Waals surface area (Å²) in [4.78, 5) is 38.1. The normalized spacial score (nSPS) is 16.8. The fourth-order valence-corrected chi connectivity index (χ4v) is 2.99. The Bertz CT molecular complexity index is 467. The number of carbonyl (C=O) groups excluding carboxylic acids is 3. The zero-order valence-corrected chi connectivity index (χ0v) is 15.9. The molecule has 1 amide bonds. The zero-order chi connectivity index (χ0) is 19.0. The highest BCUT2D eigenvalue weighted by Crippen LogP contribution is 2.23. The van der Waals surface area contributed by atoms with Crippen LogP contribution in [0.3, 0.4) is 0 Å². The molecule has 1 atom stereocenters. The maximum atomic E-state index is 12.8. The van der Waals surface area contributed by atoms with Gasteiger partial charge < -0.3 is 20.1 Å². The number of amides is 1. The van der Waals surface area contributed by atoms with Gasteiger partial charge in [0, 0.05) is 6.04 Å². The van der Waals surface area contributed by atoms with Gasteiger partial charge >= 0.3 is 11.9 Å². The number of hydrogen-bond donors (Lipinski definition) is 1. The fourth-order valence-electron chi connectivity index (χ4n) is 2.99. The molecule has 1 rings (SSSR count).